The lowest BCUT2D eigenvalue weighted by molar-refractivity contribution is -0.432. The van der Waals surface area contributed by atoms with E-state index >= 15 is 0 Å². The van der Waals surface area contributed by atoms with Crippen molar-refractivity contribution >= 4 is 91.7 Å². The number of hydrogen-bond donors (Lipinski definition) is 6. The third-order valence-corrected chi connectivity index (χ3v) is 11.0. The Balaban J connectivity index is 0.911. The van der Waals surface area contributed by atoms with Crippen molar-refractivity contribution < 1.29 is 41.5 Å². The van der Waals surface area contributed by atoms with Crippen molar-refractivity contribution in [2.75, 3.05) is 83.7 Å². The molecule has 0 spiro atoms. The quantitative estimate of drug-likeness (QED) is 0.0290. The molecule has 63 heavy (non-hydrogen) atoms. The number of rotatable bonds is 15. The van der Waals surface area contributed by atoms with E-state index in [0.29, 0.717) is 121 Å². The van der Waals surface area contributed by atoms with E-state index in [2.05, 4.69) is 55.6 Å². The highest BCUT2D eigenvalue weighted by Gasteiger charge is 2.20. The van der Waals surface area contributed by atoms with Crippen LogP contribution in [0.5, 0.6) is 0 Å². The van der Waals surface area contributed by atoms with Gasteiger partial charge in [-0.1, -0.05) is 5.04 Å². The Kier molecular flexibility index (Phi) is 12.3. The summed E-state index contributed by atoms with van der Waals surface area (Å²) in [6.07, 6.45) is 0. The van der Waals surface area contributed by atoms with Crippen molar-refractivity contribution in [2.45, 2.75) is 9.79 Å². The zero-order valence-electron chi connectivity index (χ0n) is 32.9. The van der Waals surface area contributed by atoms with Gasteiger partial charge < -0.3 is 45.0 Å². The molecule has 9 rings (SSSR count). The summed E-state index contributed by atoms with van der Waals surface area (Å²) in [6.45, 7) is 4.58. The zero-order chi connectivity index (χ0) is 43.2. The van der Waals surface area contributed by atoms with Crippen molar-refractivity contribution in [3.63, 3.8) is 0 Å². The van der Waals surface area contributed by atoms with Crippen molar-refractivity contribution in [1.82, 2.24) is 34.9 Å². The standard InChI is InChI=1S/C39H37N13O9S2/c53-60-61-62-29-10-5-26(6-11-29)41-35-46-37(50-39(48-35)52-17-21-58-22-18-52)43-28-9-14-31-32(23-28)59-33(44-31)24-1-3-25(4-2-24)40-34-45-36(49-38(47-34)51-15-19-57-20-16-51)42-27-7-12-30(13-8-27)63(54,55)56/h1-14,23,53H,15-22H2,(H,54,55,56)(H2,40,42,45,47,49)(H2,41,43,46,48,50). The molecule has 22 nitrogen and oxygen atoms in total. The van der Waals surface area contributed by atoms with Crippen LogP contribution in [0, 0.1) is 0 Å². The predicted molar refractivity (Wildman–Crippen MR) is 232 cm³/mol. The second-order valence-corrected chi connectivity index (χ2v) is 16.0. The highest BCUT2D eigenvalue weighted by Crippen LogP contribution is 2.30. The Morgan fingerprint density at radius 2 is 1.05 bits per heavy atom. The Bertz CT molecular complexity index is 2790. The number of aromatic nitrogens is 7. The van der Waals surface area contributed by atoms with E-state index in [-0.39, 0.29) is 16.8 Å². The molecule has 2 saturated heterocycles. The molecule has 0 unspecified atom stereocenters. The number of benzene rings is 4. The van der Waals surface area contributed by atoms with Crippen LogP contribution >= 0.6 is 12.0 Å². The van der Waals surface area contributed by atoms with Gasteiger partial charge in [-0.3, -0.25) is 4.55 Å². The van der Waals surface area contributed by atoms with Crippen LogP contribution in [0.2, 0.25) is 0 Å². The molecule has 2 aliphatic heterocycles. The highest BCUT2D eigenvalue weighted by atomic mass is 32.2. The number of nitrogens with zero attached hydrogens (tertiary/aromatic N) is 9. The highest BCUT2D eigenvalue weighted by molar-refractivity contribution is 7.94. The van der Waals surface area contributed by atoms with Gasteiger partial charge in [-0.2, -0.15) is 38.3 Å². The van der Waals surface area contributed by atoms with E-state index in [0.717, 1.165) is 17.6 Å². The maximum atomic E-state index is 11.5. The number of ether oxygens (including phenoxy) is 2. The molecule has 0 bridgehead atoms. The SMILES string of the molecule is O=S(=O)(O)c1ccc(Nc2nc(Nc3ccc(-c4nc5ccc(Nc6nc(Nc7ccc(SOOO)cc7)nc(N7CCOCC7)n6)cc5o4)cc3)nc(N3CCOCC3)n2)cc1. The minimum atomic E-state index is -4.34. The Labute approximate surface area is 362 Å². The number of morpholine rings is 2. The van der Waals surface area contributed by atoms with Gasteiger partial charge in [0.05, 0.1) is 43.4 Å². The third-order valence-electron chi connectivity index (χ3n) is 9.55. The van der Waals surface area contributed by atoms with Crippen LogP contribution in [0.4, 0.5) is 58.4 Å². The largest absolute Gasteiger partial charge is 0.436 e. The molecule has 24 heteroatoms. The molecule has 2 aliphatic rings. The van der Waals surface area contributed by atoms with E-state index in [1.807, 2.05) is 64.4 Å². The van der Waals surface area contributed by atoms with E-state index < -0.39 is 10.1 Å². The van der Waals surface area contributed by atoms with Crippen LogP contribution < -0.4 is 31.1 Å². The smallest absolute Gasteiger partial charge is 0.294 e. The molecule has 3 aromatic heterocycles. The van der Waals surface area contributed by atoms with Crippen LogP contribution in [0.1, 0.15) is 0 Å². The van der Waals surface area contributed by atoms with Gasteiger partial charge in [-0.25, -0.2) is 10.2 Å². The van der Waals surface area contributed by atoms with Gasteiger partial charge in [-0.15, -0.1) is 4.33 Å². The molecular weight excluding hydrogens is 859 g/mol. The maximum Gasteiger partial charge on any atom is 0.294 e. The average Bonchev–Trinajstić information content (AvgIpc) is 3.73. The molecule has 2 fully saturated rings. The molecular formula is C39H37N13O9S2. The van der Waals surface area contributed by atoms with Crippen LogP contribution in [0.3, 0.4) is 0 Å². The summed E-state index contributed by atoms with van der Waals surface area (Å²) in [5.41, 5.74) is 4.49. The molecule has 0 saturated carbocycles. The normalized spacial score (nSPS) is 14.4. The summed E-state index contributed by atoms with van der Waals surface area (Å²) < 4.78 is 54.2. The molecule has 5 heterocycles. The summed E-state index contributed by atoms with van der Waals surface area (Å²) >= 11 is 0.856. The first kappa shape index (κ1) is 41.6. The summed E-state index contributed by atoms with van der Waals surface area (Å²) in [7, 11) is -4.34. The Hall–Kier alpha value is -6.77. The van der Waals surface area contributed by atoms with Gasteiger partial charge in [-0.05, 0) is 84.9 Å². The van der Waals surface area contributed by atoms with E-state index in [1.165, 1.54) is 24.3 Å². The Morgan fingerprint density at radius 3 is 1.54 bits per heavy atom. The first-order valence-electron chi connectivity index (χ1n) is 19.3. The van der Waals surface area contributed by atoms with Gasteiger partial charge >= 0.3 is 0 Å². The zero-order valence-corrected chi connectivity index (χ0v) is 34.5. The minimum absolute atomic E-state index is 0.222. The second kappa shape index (κ2) is 18.7. The van der Waals surface area contributed by atoms with Crippen molar-refractivity contribution in [1.29, 1.82) is 0 Å². The molecule has 0 atom stereocenters. The van der Waals surface area contributed by atoms with Crippen molar-refractivity contribution in [2.24, 2.45) is 0 Å². The van der Waals surface area contributed by atoms with Gasteiger partial charge in [0.25, 0.3) is 10.1 Å². The lowest BCUT2D eigenvalue weighted by Gasteiger charge is -2.27. The molecule has 6 N–H and O–H groups in total. The molecule has 324 valence electrons. The fraction of sp³-hybridized carbons (Fsp3) is 0.205. The minimum Gasteiger partial charge on any atom is -0.436 e. The first-order chi connectivity index (χ1) is 30.7. The number of hydrogen-bond acceptors (Lipinski definition) is 22. The van der Waals surface area contributed by atoms with Gasteiger partial charge in [0.15, 0.2) is 5.58 Å². The third kappa shape index (κ3) is 10.5. The van der Waals surface area contributed by atoms with Crippen LogP contribution in [-0.2, 0) is 29.0 Å². The Morgan fingerprint density at radius 1 is 0.587 bits per heavy atom. The van der Waals surface area contributed by atoms with E-state index in [1.54, 1.807) is 12.1 Å². The lowest BCUT2D eigenvalue weighted by Crippen LogP contribution is -2.37. The fourth-order valence-corrected chi connectivity index (χ4v) is 7.30. The molecule has 0 amide bonds. The van der Waals surface area contributed by atoms with E-state index in [9.17, 15) is 13.0 Å². The average molecular weight is 896 g/mol. The molecule has 0 aliphatic carbocycles. The molecule has 4 aromatic carbocycles. The summed E-state index contributed by atoms with van der Waals surface area (Å²) in [4.78, 5) is 37.0. The summed E-state index contributed by atoms with van der Waals surface area (Å²) in [5.74, 6) is 2.45. The maximum absolute atomic E-state index is 11.5. The summed E-state index contributed by atoms with van der Waals surface area (Å²) in [5, 5.41) is 25.0. The fourth-order valence-electron chi connectivity index (χ4n) is 6.46. The van der Waals surface area contributed by atoms with Crippen molar-refractivity contribution in [3.05, 3.63) is 91.0 Å². The lowest BCUT2D eigenvalue weighted by atomic mass is 10.2. The van der Waals surface area contributed by atoms with Crippen LogP contribution in [0.25, 0.3) is 22.6 Å². The number of oxazole rings is 1. The van der Waals surface area contributed by atoms with E-state index in [4.69, 9.17) is 29.1 Å². The number of anilines is 10. The van der Waals surface area contributed by atoms with Gasteiger partial charge in [0, 0.05) is 65.5 Å². The molecule has 0 radical (unpaired) electrons. The summed E-state index contributed by atoms with van der Waals surface area (Å²) in [6, 6.07) is 25.7. The van der Waals surface area contributed by atoms with Gasteiger partial charge in [0.1, 0.15) is 5.52 Å². The van der Waals surface area contributed by atoms with Crippen molar-refractivity contribution in [3.8, 4) is 11.5 Å². The number of nitrogens with one attached hydrogen (secondary N) is 4. The monoisotopic (exact) mass is 895 g/mol. The number of fused-ring (bicyclic) bond motifs is 1. The second-order valence-electron chi connectivity index (χ2n) is 13.8. The van der Waals surface area contributed by atoms with Crippen LogP contribution in [0.15, 0.2) is 105 Å². The topological polar surface area (TPSA) is 269 Å². The first-order valence-corrected chi connectivity index (χ1v) is 21.5. The van der Waals surface area contributed by atoms with Gasteiger partial charge in [0.2, 0.25) is 41.6 Å². The van der Waals surface area contributed by atoms with Crippen LogP contribution in [-0.4, -0.2) is 106 Å². The predicted octanol–water partition coefficient (Wildman–Crippen LogP) is 6.19. The molecule has 7 aromatic rings.